The number of aliphatic hydroxyl groups is 1. The summed E-state index contributed by atoms with van der Waals surface area (Å²) in [5.74, 6) is 0.136. The maximum atomic E-state index is 14.0. The van der Waals surface area contributed by atoms with Gasteiger partial charge in [-0.05, 0) is 49.6 Å². The molecule has 0 unspecified atom stereocenters. The fraction of sp³-hybridized carbons (Fsp3) is 0.192. The largest absolute Gasteiger partial charge is 0.509 e. The molecule has 0 saturated heterocycles. The Kier molecular flexibility index (Phi) is 4.57. The van der Waals surface area contributed by atoms with E-state index in [0.29, 0.717) is 17.1 Å². The number of carbonyl (C=O) groups is 1. The van der Waals surface area contributed by atoms with Crippen molar-refractivity contribution in [3.8, 4) is 16.9 Å². The molecule has 35 heavy (non-hydrogen) atoms. The molecular formula is C26H23FN6O2. The van der Waals surface area contributed by atoms with Crippen LogP contribution in [0.15, 0.2) is 66.7 Å². The molecule has 2 aliphatic carbocycles. The average molecular weight is 471 g/mol. The summed E-state index contributed by atoms with van der Waals surface area (Å²) in [6, 6.07) is 13.3. The molecule has 0 radical (unpaired) electrons. The van der Waals surface area contributed by atoms with Gasteiger partial charge in [-0.1, -0.05) is 24.3 Å². The number of allylic oxidation sites excluding steroid dienone is 1. The summed E-state index contributed by atoms with van der Waals surface area (Å²) in [7, 11) is 1.83. The van der Waals surface area contributed by atoms with Crippen LogP contribution >= 0.6 is 0 Å². The van der Waals surface area contributed by atoms with Crippen LogP contribution in [0.3, 0.4) is 0 Å². The van der Waals surface area contributed by atoms with Crippen molar-refractivity contribution in [1.29, 1.82) is 0 Å². The topological polar surface area (TPSA) is 97.0 Å². The second-order valence-corrected chi connectivity index (χ2v) is 9.05. The number of nitrogens with one attached hydrogen (secondary N) is 2. The zero-order valence-electron chi connectivity index (χ0n) is 19.2. The zero-order chi connectivity index (χ0) is 24.3. The van der Waals surface area contributed by atoms with Gasteiger partial charge >= 0.3 is 6.03 Å². The molecule has 176 valence electrons. The monoisotopic (exact) mass is 470 g/mol. The van der Waals surface area contributed by atoms with E-state index in [2.05, 4.69) is 15.7 Å². The average Bonchev–Trinajstić information content (AvgIpc) is 3.38. The van der Waals surface area contributed by atoms with Gasteiger partial charge in [-0.2, -0.15) is 10.2 Å². The minimum absolute atomic E-state index is 0.0811. The van der Waals surface area contributed by atoms with E-state index in [0.717, 1.165) is 35.2 Å². The number of halogens is 1. The number of urea groups is 1. The van der Waals surface area contributed by atoms with Gasteiger partial charge in [0, 0.05) is 29.9 Å². The number of hydrogen-bond donors (Lipinski definition) is 3. The number of rotatable bonds is 4. The molecule has 0 bridgehead atoms. The summed E-state index contributed by atoms with van der Waals surface area (Å²) < 4.78 is 17.4. The van der Waals surface area contributed by atoms with Crippen LogP contribution in [0.4, 0.5) is 15.0 Å². The van der Waals surface area contributed by atoms with Gasteiger partial charge < -0.3 is 10.4 Å². The van der Waals surface area contributed by atoms with Crippen molar-refractivity contribution in [1.82, 2.24) is 24.9 Å². The Morgan fingerprint density at radius 2 is 1.91 bits per heavy atom. The third-order valence-electron chi connectivity index (χ3n) is 6.78. The number of benzene rings is 2. The van der Waals surface area contributed by atoms with Crippen LogP contribution in [0.25, 0.3) is 22.6 Å². The van der Waals surface area contributed by atoms with Gasteiger partial charge in [-0.25, -0.2) is 13.9 Å². The SMILES string of the molecule is Cc1c(-c2cnn(C)c2)nn(-c2ccccc2)c1NC(=O)NC1=C(O)C2(CC2)c2ccc(F)cc21. The van der Waals surface area contributed by atoms with E-state index in [-0.39, 0.29) is 11.5 Å². The van der Waals surface area contributed by atoms with E-state index >= 15 is 0 Å². The lowest BCUT2D eigenvalue weighted by Gasteiger charge is -2.13. The highest BCUT2D eigenvalue weighted by molar-refractivity contribution is 5.98. The predicted octanol–water partition coefficient (Wildman–Crippen LogP) is 4.81. The van der Waals surface area contributed by atoms with Gasteiger partial charge in [0.2, 0.25) is 0 Å². The van der Waals surface area contributed by atoms with E-state index < -0.39 is 17.3 Å². The van der Waals surface area contributed by atoms with Gasteiger partial charge in [-0.3, -0.25) is 10.00 Å². The Morgan fingerprint density at radius 3 is 2.60 bits per heavy atom. The third-order valence-corrected chi connectivity index (χ3v) is 6.78. The standard InChI is InChI=1S/C26H23FN6O2/c1-15-21(16-13-28-32(2)14-16)31-33(18-6-4-3-5-7-18)24(15)30-25(35)29-22-19-12-17(27)8-9-20(19)26(10-11-26)23(22)34/h3-9,12-14,34H,10-11H2,1-2H3,(H2,29,30,35). The molecule has 3 N–H and O–H groups in total. The molecule has 4 aromatic rings. The summed E-state index contributed by atoms with van der Waals surface area (Å²) in [5.41, 5.74) is 4.12. The maximum Gasteiger partial charge on any atom is 0.324 e. The molecule has 0 atom stereocenters. The Bertz CT molecular complexity index is 1510. The number of hydrogen-bond acceptors (Lipinski definition) is 4. The van der Waals surface area contributed by atoms with Gasteiger partial charge in [0.25, 0.3) is 0 Å². The summed E-state index contributed by atoms with van der Waals surface area (Å²) in [6.07, 6.45) is 5.10. The lowest BCUT2D eigenvalue weighted by atomic mass is 9.97. The van der Waals surface area contributed by atoms with Crippen LogP contribution in [0.5, 0.6) is 0 Å². The highest BCUT2D eigenvalue weighted by Gasteiger charge is 2.55. The van der Waals surface area contributed by atoms with Crippen molar-refractivity contribution in [3.05, 3.63) is 89.2 Å². The van der Waals surface area contributed by atoms with Crippen molar-refractivity contribution >= 4 is 17.5 Å². The number of anilines is 1. The Labute approximate surface area is 200 Å². The number of fused-ring (bicyclic) bond motifs is 2. The summed E-state index contributed by atoms with van der Waals surface area (Å²) in [4.78, 5) is 13.2. The quantitative estimate of drug-likeness (QED) is 0.399. The lowest BCUT2D eigenvalue weighted by molar-refractivity contribution is 0.255. The van der Waals surface area contributed by atoms with E-state index in [1.807, 2.05) is 50.5 Å². The molecule has 2 aromatic carbocycles. The first kappa shape index (κ1) is 21.2. The number of aromatic nitrogens is 4. The van der Waals surface area contributed by atoms with Crippen LogP contribution in [0, 0.1) is 12.7 Å². The second-order valence-electron chi connectivity index (χ2n) is 9.05. The number of aryl methyl sites for hydroxylation is 1. The van der Waals surface area contributed by atoms with Crippen molar-refractivity contribution in [3.63, 3.8) is 0 Å². The molecule has 9 heteroatoms. The maximum absolute atomic E-state index is 14.0. The molecule has 2 aliphatic rings. The molecular weight excluding hydrogens is 447 g/mol. The first-order valence-electron chi connectivity index (χ1n) is 11.3. The molecule has 0 aliphatic heterocycles. The van der Waals surface area contributed by atoms with Gasteiger partial charge in [0.05, 0.1) is 23.0 Å². The molecule has 8 nitrogen and oxygen atoms in total. The van der Waals surface area contributed by atoms with Crippen molar-refractivity contribution in [2.75, 3.05) is 5.32 Å². The van der Waals surface area contributed by atoms with Crippen LogP contribution in [-0.2, 0) is 12.5 Å². The number of nitrogens with zero attached hydrogens (tertiary/aromatic N) is 4. The number of para-hydroxylation sites is 1. The zero-order valence-corrected chi connectivity index (χ0v) is 19.2. The smallest absolute Gasteiger partial charge is 0.324 e. The fourth-order valence-electron chi connectivity index (χ4n) is 4.86. The second kappa shape index (κ2) is 7.56. The third kappa shape index (κ3) is 3.30. The predicted molar refractivity (Wildman–Crippen MR) is 130 cm³/mol. The number of aliphatic hydroxyl groups excluding tert-OH is 1. The van der Waals surface area contributed by atoms with Crippen LogP contribution in [0.1, 0.15) is 29.5 Å². The first-order valence-corrected chi connectivity index (χ1v) is 11.3. The number of carbonyl (C=O) groups excluding carboxylic acids is 1. The number of amides is 2. The molecule has 1 saturated carbocycles. The van der Waals surface area contributed by atoms with E-state index in [9.17, 15) is 14.3 Å². The van der Waals surface area contributed by atoms with E-state index in [1.54, 1.807) is 21.6 Å². The highest BCUT2D eigenvalue weighted by atomic mass is 19.1. The van der Waals surface area contributed by atoms with Gasteiger partial charge in [-0.15, -0.1) is 0 Å². The Balaban J connectivity index is 1.36. The Morgan fingerprint density at radius 1 is 1.14 bits per heavy atom. The van der Waals surface area contributed by atoms with Crippen LogP contribution in [0.2, 0.25) is 0 Å². The molecule has 2 heterocycles. The summed E-state index contributed by atoms with van der Waals surface area (Å²) >= 11 is 0. The molecule has 1 fully saturated rings. The minimum Gasteiger partial charge on any atom is -0.509 e. The molecule has 2 amide bonds. The first-order chi connectivity index (χ1) is 16.9. The van der Waals surface area contributed by atoms with Gasteiger partial charge in [0.1, 0.15) is 23.1 Å². The Hall–Kier alpha value is -4.40. The molecule has 6 rings (SSSR count). The van der Waals surface area contributed by atoms with E-state index in [4.69, 9.17) is 5.10 Å². The van der Waals surface area contributed by atoms with E-state index in [1.165, 1.54) is 12.1 Å². The van der Waals surface area contributed by atoms with Gasteiger partial charge in [0.15, 0.2) is 0 Å². The summed E-state index contributed by atoms with van der Waals surface area (Å²) in [5, 5.41) is 25.6. The highest BCUT2D eigenvalue weighted by Crippen LogP contribution is 2.59. The normalized spacial score (nSPS) is 15.4. The van der Waals surface area contributed by atoms with Crippen LogP contribution in [-0.4, -0.2) is 30.7 Å². The van der Waals surface area contributed by atoms with Crippen LogP contribution < -0.4 is 10.6 Å². The molecule has 1 spiro atoms. The fourth-order valence-corrected chi connectivity index (χ4v) is 4.86. The summed E-state index contributed by atoms with van der Waals surface area (Å²) in [6.45, 7) is 1.88. The lowest BCUT2D eigenvalue weighted by Crippen LogP contribution is -2.29. The van der Waals surface area contributed by atoms with Crippen molar-refractivity contribution < 1.29 is 14.3 Å². The minimum atomic E-state index is -0.558. The van der Waals surface area contributed by atoms with Crippen molar-refractivity contribution in [2.24, 2.45) is 7.05 Å². The molecule has 2 aromatic heterocycles. The van der Waals surface area contributed by atoms with Crippen molar-refractivity contribution in [2.45, 2.75) is 25.2 Å².